The van der Waals surface area contributed by atoms with Crippen LogP contribution in [-0.2, 0) is 23.0 Å². The van der Waals surface area contributed by atoms with Gasteiger partial charge in [0.25, 0.3) is 0 Å². The molecule has 0 spiro atoms. The summed E-state index contributed by atoms with van der Waals surface area (Å²) in [6, 6.07) is 9.52. The van der Waals surface area contributed by atoms with Crippen molar-refractivity contribution in [2.45, 2.75) is 19.9 Å². The summed E-state index contributed by atoms with van der Waals surface area (Å²) >= 11 is 0. The van der Waals surface area contributed by atoms with Gasteiger partial charge in [-0.1, -0.05) is 30.3 Å². The molecule has 1 heterocycles. The van der Waals surface area contributed by atoms with Crippen LogP contribution in [0.3, 0.4) is 0 Å². The summed E-state index contributed by atoms with van der Waals surface area (Å²) in [5.74, 6) is 0.604. The molecule has 6 heteroatoms. The molecule has 1 aromatic carbocycles. The highest BCUT2D eigenvalue weighted by Gasteiger charge is 2.12. The van der Waals surface area contributed by atoms with Crippen molar-refractivity contribution in [2.24, 2.45) is 0 Å². The average molecular weight is 280 g/mol. The van der Waals surface area contributed by atoms with E-state index < -0.39 is 10.0 Å². The smallest absolute Gasteiger partial charge is 0.212 e. The second kappa shape index (κ2) is 5.99. The third-order valence-corrected chi connectivity index (χ3v) is 4.13. The lowest BCUT2D eigenvalue weighted by Gasteiger charge is -2.05. The van der Waals surface area contributed by atoms with E-state index in [9.17, 15) is 8.42 Å². The number of nitrogens with one attached hydrogen (secondary N) is 1. The third kappa shape index (κ3) is 4.18. The maximum Gasteiger partial charge on any atom is 0.212 e. The molecule has 2 aromatic rings. The molecule has 5 nitrogen and oxygen atoms in total. The van der Waals surface area contributed by atoms with Crippen LogP contribution in [0.25, 0.3) is 0 Å². The molecule has 0 unspecified atom stereocenters. The van der Waals surface area contributed by atoms with Gasteiger partial charge in [-0.05, 0) is 18.9 Å². The predicted octanol–water partition coefficient (Wildman–Crippen LogP) is 1.65. The van der Waals surface area contributed by atoms with Gasteiger partial charge < -0.3 is 4.42 Å². The second-order valence-electron chi connectivity index (χ2n) is 4.24. The largest absolute Gasteiger partial charge is 0.447 e. The average Bonchev–Trinajstić information content (AvgIpc) is 2.81. The predicted molar refractivity (Wildman–Crippen MR) is 72.0 cm³/mol. The number of nitrogens with zero attached hydrogens (tertiary/aromatic N) is 1. The van der Waals surface area contributed by atoms with Gasteiger partial charge in [0.1, 0.15) is 5.76 Å². The van der Waals surface area contributed by atoms with E-state index in [1.54, 1.807) is 6.92 Å². The maximum absolute atomic E-state index is 11.8. The first-order valence-electron chi connectivity index (χ1n) is 5.97. The molecule has 1 N–H and O–H groups in total. The molecule has 0 bridgehead atoms. The minimum absolute atomic E-state index is 0.0597. The van der Waals surface area contributed by atoms with Gasteiger partial charge in [-0.3, -0.25) is 0 Å². The van der Waals surface area contributed by atoms with Crippen LogP contribution >= 0.6 is 0 Å². The fourth-order valence-corrected chi connectivity index (χ4v) is 2.64. The Morgan fingerprint density at radius 2 is 2.00 bits per heavy atom. The molecule has 19 heavy (non-hydrogen) atoms. The van der Waals surface area contributed by atoms with Crippen LogP contribution in [0.15, 0.2) is 41.1 Å². The minimum atomic E-state index is -3.31. The van der Waals surface area contributed by atoms with Crippen LogP contribution in [0, 0.1) is 6.92 Å². The zero-order valence-electron chi connectivity index (χ0n) is 10.7. The van der Waals surface area contributed by atoms with E-state index in [1.165, 1.54) is 6.39 Å². The van der Waals surface area contributed by atoms with Crippen molar-refractivity contribution < 1.29 is 12.8 Å². The Morgan fingerprint density at radius 1 is 1.26 bits per heavy atom. The summed E-state index contributed by atoms with van der Waals surface area (Å²) in [5.41, 5.74) is 1.70. The molecule has 0 saturated heterocycles. The van der Waals surface area contributed by atoms with Crippen molar-refractivity contribution in [1.29, 1.82) is 0 Å². The number of benzene rings is 1. The van der Waals surface area contributed by atoms with Crippen LogP contribution in [0.1, 0.15) is 17.0 Å². The van der Waals surface area contributed by atoms with Crippen molar-refractivity contribution >= 4 is 10.0 Å². The van der Waals surface area contributed by atoms with E-state index >= 15 is 0 Å². The second-order valence-corrected chi connectivity index (χ2v) is 6.16. The molecular formula is C13H16N2O3S. The number of aromatic nitrogens is 1. The molecular weight excluding hydrogens is 264 g/mol. The monoisotopic (exact) mass is 280 g/mol. The summed E-state index contributed by atoms with van der Waals surface area (Å²) in [7, 11) is -3.31. The third-order valence-electron chi connectivity index (χ3n) is 2.80. The number of rotatable bonds is 6. The Morgan fingerprint density at radius 3 is 2.63 bits per heavy atom. The molecule has 0 aliphatic carbocycles. The first-order valence-corrected chi connectivity index (χ1v) is 7.62. The Hall–Kier alpha value is -1.66. The highest BCUT2D eigenvalue weighted by Crippen LogP contribution is 2.06. The van der Waals surface area contributed by atoms with Crippen molar-refractivity contribution in [3.63, 3.8) is 0 Å². The molecule has 0 saturated carbocycles. The number of aryl methyl sites for hydroxylation is 2. The molecule has 0 aliphatic heterocycles. The van der Waals surface area contributed by atoms with Crippen molar-refractivity contribution in [1.82, 2.24) is 9.71 Å². The van der Waals surface area contributed by atoms with Gasteiger partial charge in [0, 0.05) is 0 Å². The lowest BCUT2D eigenvalue weighted by Crippen LogP contribution is -2.27. The molecule has 0 atom stereocenters. The normalized spacial score (nSPS) is 11.6. The van der Waals surface area contributed by atoms with Crippen molar-refractivity contribution in [3.05, 3.63) is 53.7 Å². The Bertz CT molecular complexity index is 620. The van der Waals surface area contributed by atoms with Crippen molar-refractivity contribution in [2.75, 3.05) is 5.75 Å². The summed E-state index contributed by atoms with van der Waals surface area (Å²) in [4.78, 5) is 3.91. The quantitative estimate of drug-likeness (QED) is 0.873. The van der Waals surface area contributed by atoms with Gasteiger partial charge in [0.2, 0.25) is 10.0 Å². The van der Waals surface area contributed by atoms with E-state index in [-0.39, 0.29) is 12.3 Å². The fourth-order valence-electron chi connectivity index (χ4n) is 1.64. The zero-order valence-corrected chi connectivity index (χ0v) is 11.5. The van der Waals surface area contributed by atoms with E-state index in [0.717, 1.165) is 5.56 Å². The van der Waals surface area contributed by atoms with Gasteiger partial charge in [-0.2, -0.15) is 0 Å². The van der Waals surface area contributed by atoms with Gasteiger partial charge in [-0.15, -0.1) is 0 Å². The molecule has 0 radical (unpaired) electrons. The van der Waals surface area contributed by atoms with Crippen LogP contribution in [0.2, 0.25) is 0 Å². The van der Waals surface area contributed by atoms with E-state index in [2.05, 4.69) is 9.71 Å². The number of oxazole rings is 1. The molecule has 0 aliphatic rings. The van der Waals surface area contributed by atoms with Crippen molar-refractivity contribution in [3.8, 4) is 0 Å². The summed E-state index contributed by atoms with van der Waals surface area (Å²) in [6.07, 6.45) is 1.80. The molecule has 0 fully saturated rings. The Labute approximate surface area is 112 Å². The summed E-state index contributed by atoms with van der Waals surface area (Å²) in [6.45, 7) is 1.92. The van der Waals surface area contributed by atoms with E-state index in [0.29, 0.717) is 17.9 Å². The highest BCUT2D eigenvalue weighted by atomic mass is 32.2. The maximum atomic E-state index is 11.8. The lowest BCUT2D eigenvalue weighted by atomic mass is 10.2. The van der Waals surface area contributed by atoms with E-state index in [1.807, 2.05) is 30.3 Å². The van der Waals surface area contributed by atoms with Crippen LogP contribution in [0.5, 0.6) is 0 Å². The number of hydrogen-bond donors (Lipinski definition) is 1. The SMILES string of the molecule is Cc1ncoc1CNS(=O)(=O)CCc1ccccc1. The summed E-state index contributed by atoms with van der Waals surface area (Å²) < 4.78 is 31.3. The van der Waals surface area contributed by atoms with Crippen LogP contribution in [0.4, 0.5) is 0 Å². The summed E-state index contributed by atoms with van der Waals surface area (Å²) in [5, 5.41) is 0. The van der Waals surface area contributed by atoms with Gasteiger partial charge >= 0.3 is 0 Å². The Kier molecular flexibility index (Phi) is 4.34. The fraction of sp³-hybridized carbons (Fsp3) is 0.308. The number of hydrogen-bond acceptors (Lipinski definition) is 4. The van der Waals surface area contributed by atoms with Gasteiger partial charge in [-0.25, -0.2) is 18.1 Å². The van der Waals surface area contributed by atoms with Crippen LogP contribution < -0.4 is 4.72 Å². The number of sulfonamides is 1. The first-order chi connectivity index (χ1) is 9.07. The standard InChI is InChI=1S/C13H16N2O3S/c1-11-13(18-10-14-11)9-15-19(16,17)8-7-12-5-3-2-4-6-12/h2-6,10,15H,7-9H2,1H3. The lowest BCUT2D eigenvalue weighted by molar-refractivity contribution is 0.492. The molecule has 0 amide bonds. The molecule has 2 rings (SSSR count). The Balaban J connectivity index is 1.87. The van der Waals surface area contributed by atoms with E-state index in [4.69, 9.17) is 4.42 Å². The zero-order chi connectivity index (χ0) is 13.7. The van der Waals surface area contributed by atoms with Crippen LogP contribution in [-0.4, -0.2) is 19.2 Å². The molecule has 102 valence electrons. The topological polar surface area (TPSA) is 72.2 Å². The first kappa shape index (κ1) is 13.8. The van der Waals surface area contributed by atoms with Gasteiger partial charge in [0.15, 0.2) is 6.39 Å². The highest BCUT2D eigenvalue weighted by molar-refractivity contribution is 7.89. The molecule has 1 aromatic heterocycles. The van der Waals surface area contributed by atoms with Gasteiger partial charge in [0.05, 0.1) is 18.0 Å². The minimum Gasteiger partial charge on any atom is -0.447 e.